The number of benzene rings is 1. The molecular formula is C19H16FN5O2S. The summed E-state index contributed by atoms with van der Waals surface area (Å²) < 4.78 is 15.0. The molecule has 9 heteroatoms. The molecular weight excluding hydrogens is 381 g/mol. The van der Waals surface area contributed by atoms with Crippen molar-refractivity contribution in [1.29, 1.82) is 0 Å². The normalized spacial score (nSPS) is 11.2. The molecule has 1 aromatic carbocycles. The van der Waals surface area contributed by atoms with Gasteiger partial charge in [0.1, 0.15) is 22.0 Å². The molecule has 0 spiro atoms. The highest BCUT2D eigenvalue weighted by atomic mass is 32.1. The van der Waals surface area contributed by atoms with Gasteiger partial charge in [-0.3, -0.25) is 4.79 Å². The maximum absolute atomic E-state index is 13.4. The van der Waals surface area contributed by atoms with Gasteiger partial charge in [-0.05, 0) is 36.6 Å². The van der Waals surface area contributed by atoms with Crippen LogP contribution in [-0.2, 0) is 0 Å². The van der Waals surface area contributed by atoms with Crippen molar-refractivity contribution in [2.75, 3.05) is 5.73 Å². The van der Waals surface area contributed by atoms with Crippen molar-refractivity contribution in [2.24, 2.45) is 5.73 Å². The number of halogens is 1. The molecule has 0 radical (unpaired) electrons. The smallest absolute Gasteiger partial charge is 0.254 e. The third-order valence-electron chi connectivity index (χ3n) is 4.64. The Kier molecular flexibility index (Phi) is 4.04. The van der Waals surface area contributed by atoms with E-state index >= 15 is 0 Å². The number of aromatic hydroxyl groups is 1. The van der Waals surface area contributed by atoms with Gasteiger partial charge in [0.2, 0.25) is 0 Å². The lowest BCUT2D eigenvalue weighted by Crippen LogP contribution is -2.16. The molecule has 0 fully saturated rings. The van der Waals surface area contributed by atoms with Crippen molar-refractivity contribution in [3.05, 3.63) is 52.5 Å². The van der Waals surface area contributed by atoms with Crippen LogP contribution in [0.5, 0.6) is 5.75 Å². The van der Waals surface area contributed by atoms with Gasteiger partial charge in [0.25, 0.3) is 5.91 Å². The lowest BCUT2D eigenvalue weighted by Gasteiger charge is -2.16. The summed E-state index contributed by atoms with van der Waals surface area (Å²) in [6.45, 7) is 3.65. The standard InChI is InChI=1S/C19H16FN5O2S/c1-8-3-4-12(26)9(2)14(8)10-6-25-7-11(19-23-5-13(20)28-19)24-18(25)15(16(10)21)17(22)27/h3-7,26H,21H2,1-2H3,(H2,22,27). The van der Waals surface area contributed by atoms with E-state index in [2.05, 4.69) is 9.97 Å². The second-order valence-corrected chi connectivity index (χ2v) is 7.40. The van der Waals surface area contributed by atoms with Crippen LogP contribution in [-0.4, -0.2) is 25.4 Å². The van der Waals surface area contributed by atoms with E-state index in [-0.39, 0.29) is 22.6 Å². The first kappa shape index (κ1) is 17.9. The van der Waals surface area contributed by atoms with Gasteiger partial charge in [-0.15, -0.1) is 0 Å². The molecule has 142 valence electrons. The van der Waals surface area contributed by atoms with Crippen LogP contribution >= 0.6 is 11.3 Å². The second-order valence-electron chi connectivity index (χ2n) is 6.42. The van der Waals surface area contributed by atoms with Crippen molar-refractivity contribution in [2.45, 2.75) is 13.8 Å². The molecule has 0 aliphatic carbocycles. The molecule has 7 nitrogen and oxygen atoms in total. The molecule has 0 atom stereocenters. The summed E-state index contributed by atoms with van der Waals surface area (Å²) in [5, 5.41) is 10.1. The van der Waals surface area contributed by atoms with E-state index in [4.69, 9.17) is 11.5 Å². The number of nitrogens with zero attached hydrogens (tertiary/aromatic N) is 3. The van der Waals surface area contributed by atoms with Crippen LogP contribution < -0.4 is 11.5 Å². The molecule has 1 amide bonds. The van der Waals surface area contributed by atoms with Crippen LogP contribution in [0.15, 0.2) is 30.7 Å². The van der Waals surface area contributed by atoms with Gasteiger partial charge in [-0.1, -0.05) is 17.4 Å². The van der Waals surface area contributed by atoms with Crippen molar-refractivity contribution < 1.29 is 14.3 Å². The number of pyridine rings is 1. The largest absolute Gasteiger partial charge is 0.508 e. The van der Waals surface area contributed by atoms with E-state index in [0.29, 0.717) is 27.4 Å². The number of hydrogen-bond donors (Lipinski definition) is 3. The second kappa shape index (κ2) is 6.31. The Morgan fingerprint density at radius 2 is 2.04 bits per heavy atom. The first-order valence-electron chi connectivity index (χ1n) is 8.30. The average Bonchev–Trinajstić information content (AvgIpc) is 3.24. The summed E-state index contributed by atoms with van der Waals surface area (Å²) in [5.41, 5.74) is 15.5. The van der Waals surface area contributed by atoms with Gasteiger partial charge in [0.05, 0.1) is 11.9 Å². The quantitative estimate of drug-likeness (QED) is 0.490. The van der Waals surface area contributed by atoms with E-state index in [0.717, 1.165) is 23.1 Å². The van der Waals surface area contributed by atoms with Gasteiger partial charge in [0.15, 0.2) is 10.8 Å². The number of thiazole rings is 1. The lowest BCUT2D eigenvalue weighted by molar-refractivity contribution is 0.100. The third kappa shape index (κ3) is 2.67. The maximum atomic E-state index is 13.4. The van der Waals surface area contributed by atoms with Crippen LogP contribution in [0.1, 0.15) is 21.5 Å². The van der Waals surface area contributed by atoms with Crippen LogP contribution in [0, 0.1) is 19.0 Å². The minimum absolute atomic E-state index is 0.0583. The predicted octanol–water partition coefficient (Wildman–Crippen LogP) is 3.27. The Morgan fingerprint density at radius 3 is 2.68 bits per heavy atom. The lowest BCUT2D eigenvalue weighted by atomic mass is 9.93. The molecule has 0 saturated carbocycles. The average molecular weight is 397 g/mol. The van der Waals surface area contributed by atoms with Gasteiger partial charge in [-0.2, -0.15) is 4.39 Å². The fourth-order valence-corrected chi connectivity index (χ4v) is 3.91. The summed E-state index contributed by atoms with van der Waals surface area (Å²) in [4.78, 5) is 20.5. The summed E-state index contributed by atoms with van der Waals surface area (Å²) >= 11 is 0.848. The number of hydrogen-bond acceptors (Lipinski definition) is 6. The zero-order valence-electron chi connectivity index (χ0n) is 15.0. The summed E-state index contributed by atoms with van der Waals surface area (Å²) in [6, 6.07) is 3.37. The van der Waals surface area contributed by atoms with E-state index in [9.17, 15) is 14.3 Å². The Bertz CT molecular complexity index is 1260. The number of nitrogens with two attached hydrogens (primary N) is 2. The van der Waals surface area contributed by atoms with E-state index in [1.807, 2.05) is 6.92 Å². The minimum atomic E-state index is -0.734. The number of carbonyl (C=O) groups excluding carboxylic acids is 1. The molecule has 0 saturated heterocycles. The Labute approximate surface area is 163 Å². The first-order chi connectivity index (χ1) is 13.3. The van der Waals surface area contributed by atoms with Crippen molar-refractivity contribution >= 4 is 28.6 Å². The monoisotopic (exact) mass is 397 g/mol. The highest BCUT2D eigenvalue weighted by molar-refractivity contribution is 7.13. The topological polar surface area (TPSA) is 120 Å². The van der Waals surface area contributed by atoms with Crippen molar-refractivity contribution in [3.8, 4) is 27.6 Å². The third-order valence-corrected chi connectivity index (χ3v) is 5.45. The molecule has 28 heavy (non-hydrogen) atoms. The Morgan fingerprint density at radius 1 is 1.29 bits per heavy atom. The number of carbonyl (C=O) groups is 1. The SMILES string of the molecule is Cc1ccc(O)c(C)c1-c1cn2cc(-c3ncc(F)s3)nc2c(C(N)=O)c1N. The van der Waals surface area contributed by atoms with Crippen LogP contribution in [0.3, 0.4) is 0 Å². The van der Waals surface area contributed by atoms with Crippen molar-refractivity contribution in [3.63, 3.8) is 0 Å². The zero-order valence-corrected chi connectivity index (χ0v) is 15.8. The summed E-state index contributed by atoms with van der Waals surface area (Å²) in [5.74, 6) is -0.618. The van der Waals surface area contributed by atoms with Gasteiger partial charge in [0, 0.05) is 18.0 Å². The molecule has 0 aliphatic rings. The first-order valence-corrected chi connectivity index (χ1v) is 9.11. The Hall–Kier alpha value is -3.46. The number of imidazole rings is 1. The Balaban J connectivity index is 2.06. The van der Waals surface area contributed by atoms with E-state index < -0.39 is 11.0 Å². The number of phenols is 1. The molecule has 4 rings (SSSR count). The number of aromatic nitrogens is 3. The molecule has 3 heterocycles. The number of fused-ring (bicyclic) bond motifs is 1. The summed E-state index contributed by atoms with van der Waals surface area (Å²) in [7, 11) is 0. The number of rotatable bonds is 3. The molecule has 0 unspecified atom stereocenters. The zero-order chi connectivity index (χ0) is 20.2. The number of nitrogen functional groups attached to an aromatic ring is 1. The fourth-order valence-electron chi connectivity index (χ4n) is 3.31. The number of amides is 1. The highest BCUT2D eigenvalue weighted by Crippen LogP contribution is 2.38. The van der Waals surface area contributed by atoms with E-state index in [1.54, 1.807) is 35.9 Å². The predicted molar refractivity (Wildman–Crippen MR) is 106 cm³/mol. The molecule has 4 aromatic rings. The molecule has 3 aromatic heterocycles. The number of aryl methyl sites for hydroxylation is 1. The molecule has 0 aliphatic heterocycles. The van der Waals surface area contributed by atoms with Crippen LogP contribution in [0.25, 0.3) is 27.5 Å². The van der Waals surface area contributed by atoms with Crippen LogP contribution in [0.4, 0.5) is 10.1 Å². The fraction of sp³-hybridized carbons (Fsp3) is 0.105. The van der Waals surface area contributed by atoms with Gasteiger partial charge >= 0.3 is 0 Å². The number of phenolic OH excluding ortho intramolecular Hbond substituents is 1. The van der Waals surface area contributed by atoms with E-state index in [1.165, 1.54) is 0 Å². The highest BCUT2D eigenvalue weighted by Gasteiger charge is 2.22. The van der Waals surface area contributed by atoms with Crippen molar-refractivity contribution in [1.82, 2.24) is 14.4 Å². The number of primary amides is 1. The van der Waals surface area contributed by atoms with Gasteiger partial charge in [-0.25, -0.2) is 9.97 Å². The number of anilines is 1. The maximum Gasteiger partial charge on any atom is 0.254 e. The summed E-state index contributed by atoms with van der Waals surface area (Å²) in [6.07, 6.45) is 4.46. The minimum Gasteiger partial charge on any atom is -0.508 e. The van der Waals surface area contributed by atoms with Crippen LogP contribution in [0.2, 0.25) is 0 Å². The van der Waals surface area contributed by atoms with Gasteiger partial charge < -0.3 is 21.0 Å². The molecule has 5 N–H and O–H groups in total. The molecule has 0 bridgehead atoms.